The molecule has 0 fully saturated rings. The number of hydrogen-bond donors (Lipinski definition) is 0. The molecule has 294 valence electrons. The fraction of sp³-hybridized carbons (Fsp3) is 0. The summed E-state index contributed by atoms with van der Waals surface area (Å²) in [5.41, 5.74) is 12.1. The summed E-state index contributed by atoms with van der Waals surface area (Å²) in [7, 11) is 0. The van der Waals surface area contributed by atoms with Crippen LogP contribution in [0.5, 0.6) is 0 Å². The van der Waals surface area contributed by atoms with E-state index in [1.807, 2.05) is 72.0 Å². The molecule has 0 N–H and O–H groups in total. The van der Waals surface area contributed by atoms with E-state index in [2.05, 4.69) is 161 Å². The predicted molar refractivity (Wildman–Crippen MR) is 263 cm³/mol. The molecule has 0 aliphatic carbocycles. The van der Waals surface area contributed by atoms with Gasteiger partial charge in [0, 0.05) is 69.8 Å². The Morgan fingerprint density at radius 1 is 0.270 bits per heavy atom. The van der Waals surface area contributed by atoms with Crippen molar-refractivity contribution in [1.82, 2.24) is 24.1 Å². The van der Waals surface area contributed by atoms with Crippen LogP contribution in [0.2, 0.25) is 0 Å². The molecule has 9 aromatic carbocycles. The Kier molecular flexibility index (Phi) is 8.01. The highest BCUT2D eigenvalue weighted by molar-refractivity contribution is 7.25. The third-order valence-electron chi connectivity index (χ3n) is 12.4. The molecule has 63 heavy (non-hydrogen) atoms. The minimum atomic E-state index is 0.630. The molecule has 0 aliphatic rings. The van der Waals surface area contributed by atoms with Crippen LogP contribution in [0.3, 0.4) is 0 Å². The zero-order chi connectivity index (χ0) is 41.4. The molecule has 0 atom stereocenters. The van der Waals surface area contributed by atoms with Gasteiger partial charge in [-0.15, -0.1) is 11.3 Å². The summed E-state index contributed by atoms with van der Waals surface area (Å²) in [5, 5.41) is 7.49. The summed E-state index contributed by atoms with van der Waals surface area (Å²) in [6.45, 7) is 0. The van der Waals surface area contributed by atoms with Gasteiger partial charge in [0.1, 0.15) is 0 Å². The van der Waals surface area contributed by atoms with E-state index in [0.717, 1.165) is 33.4 Å². The number of thiophene rings is 1. The molecule has 0 saturated heterocycles. The Hall–Kier alpha value is -8.19. The molecule has 4 aromatic heterocycles. The Morgan fingerprint density at radius 3 is 1.33 bits per heavy atom. The monoisotopic (exact) mass is 821 g/mol. The highest BCUT2D eigenvalue weighted by atomic mass is 32.1. The van der Waals surface area contributed by atoms with Crippen LogP contribution in [-0.4, -0.2) is 24.1 Å². The number of fused-ring (bicyclic) bond motifs is 9. The summed E-state index contributed by atoms with van der Waals surface area (Å²) in [6.07, 6.45) is 0. The van der Waals surface area contributed by atoms with Crippen molar-refractivity contribution >= 4 is 75.1 Å². The smallest absolute Gasteiger partial charge is 0.164 e. The number of benzene rings is 9. The van der Waals surface area contributed by atoms with Crippen LogP contribution < -0.4 is 0 Å². The van der Waals surface area contributed by atoms with Crippen LogP contribution in [0.1, 0.15) is 0 Å². The average molecular weight is 822 g/mol. The lowest BCUT2D eigenvalue weighted by atomic mass is 10.0. The molecule has 0 aliphatic heterocycles. The van der Waals surface area contributed by atoms with Crippen LogP contribution in [0.25, 0.3) is 120 Å². The van der Waals surface area contributed by atoms with E-state index in [-0.39, 0.29) is 0 Å². The number of rotatable bonds is 6. The molecule has 0 radical (unpaired) electrons. The van der Waals surface area contributed by atoms with Gasteiger partial charge in [-0.25, -0.2) is 15.0 Å². The van der Waals surface area contributed by atoms with Gasteiger partial charge in [-0.2, -0.15) is 0 Å². The van der Waals surface area contributed by atoms with E-state index in [1.165, 1.54) is 69.6 Å². The first-order valence-electron chi connectivity index (χ1n) is 21.2. The quantitative estimate of drug-likeness (QED) is 0.168. The third kappa shape index (κ3) is 5.80. The van der Waals surface area contributed by atoms with Crippen molar-refractivity contribution in [2.45, 2.75) is 0 Å². The van der Waals surface area contributed by atoms with Crippen LogP contribution in [-0.2, 0) is 0 Å². The predicted octanol–water partition coefficient (Wildman–Crippen LogP) is 15.1. The summed E-state index contributed by atoms with van der Waals surface area (Å²) in [4.78, 5) is 15.0. The van der Waals surface area contributed by atoms with Gasteiger partial charge in [-0.1, -0.05) is 140 Å². The van der Waals surface area contributed by atoms with Gasteiger partial charge in [-0.3, -0.25) is 0 Å². The average Bonchev–Trinajstić information content (AvgIpc) is 4.01. The van der Waals surface area contributed by atoms with Crippen LogP contribution in [0.15, 0.2) is 212 Å². The highest BCUT2D eigenvalue weighted by Gasteiger charge is 2.18. The second-order valence-corrected chi connectivity index (χ2v) is 17.1. The first kappa shape index (κ1) is 35.6. The van der Waals surface area contributed by atoms with Gasteiger partial charge in [-0.05, 0) is 83.9 Å². The van der Waals surface area contributed by atoms with Gasteiger partial charge in [0.2, 0.25) is 0 Å². The van der Waals surface area contributed by atoms with E-state index in [4.69, 9.17) is 15.0 Å². The van der Waals surface area contributed by atoms with Gasteiger partial charge < -0.3 is 9.13 Å². The number of aromatic nitrogens is 5. The largest absolute Gasteiger partial charge is 0.309 e. The van der Waals surface area contributed by atoms with Gasteiger partial charge >= 0.3 is 0 Å². The maximum Gasteiger partial charge on any atom is 0.164 e. The van der Waals surface area contributed by atoms with E-state index < -0.39 is 0 Å². The Balaban J connectivity index is 0.931. The maximum atomic E-state index is 5.04. The lowest BCUT2D eigenvalue weighted by molar-refractivity contribution is 1.07. The Morgan fingerprint density at radius 2 is 0.730 bits per heavy atom. The molecular formula is C57H35N5S. The van der Waals surface area contributed by atoms with Crippen LogP contribution in [0.4, 0.5) is 0 Å². The lowest BCUT2D eigenvalue weighted by Crippen LogP contribution is -2.01. The van der Waals surface area contributed by atoms with E-state index in [9.17, 15) is 0 Å². The molecular weight excluding hydrogens is 787 g/mol. The molecule has 13 rings (SSSR count). The highest BCUT2D eigenvalue weighted by Crippen LogP contribution is 2.41. The molecule has 0 bridgehead atoms. The Bertz CT molecular complexity index is 3860. The number of nitrogens with zero attached hydrogens (tertiary/aromatic N) is 5. The van der Waals surface area contributed by atoms with Crippen molar-refractivity contribution in [2.24, 2.45) is 0 Å². The summed E-state index contributed by atoms with van der Waals surface area (Å²) < 4.78 is 7.41. The van der Waals surface area contributed by atoms with Crippen molar-refractivity contribution in [3.63, 3.8) is 0 Å². The summed E-state index contributed by atoms with van der Waals surface area (Å²) in [6, 6.07) is 75.8. The zero-order valence-corrected chi connectivity index (χ0v) is 34.7. The molecule has 0 saturated carbocycles. The second-order valence-electron chi connectivity index (χ2n) is 16.0. The van der Waals surface area contributed by atoms with Crippen LogP contribution >= 0.6 is 11.3 Å². The zero-order valence-electron chi connectivity index (χ0n) is 33.9. The molecule has 6 heteroatoms. The van der Waals surface area contributed by atoms with Crippen LogP contribution in [0, 0.1) is 0 Å². The van der Waals surface area contributed by atoms with Crippen molar-refractivity contribution in [1.29, 1.82) is 0 Å². The summed E-state index contributed by atoms with van der Waals surface area (Å²) in [5.74, 6) is 1.92. The minimum absolute atomic E-state index is 0.630. The molecule has 13 aromatic rings. The topological polar surface area (TPSA) is 48.5 Å². The van der Waals surface area contributed by atoms with Crippen molar-refractivity contribution in [3.05, 3.63) is 212 Å². The molecule has 5 nitrogen and oxygen atoms in total. The molecule has 0 unspecified atom stereocenters. The number of para-hydroxylation sites is 2. The van der Waals surface area contributed by atoms with Crippen molar-refractivity contribution < 1.29 is 0 Å². The SMILES string of the molecule is c1ccc(-c2nc(-c3ccccc3)nc(-c3cccc(-n4c5ccccc5c5cc(-c6ccc7c(c6)c6ccccc6n7-c6ccc7sc8ccccc8c7c6)ccc54)c3)n2)cc1. The first-order chi connectivity index (χ1) is 31.2. The second kappa shape index (κ2) is 14.2. The molecule has 0 amide bonds. The van der Waals surface area contributed by atoms with Crippen molar-refractivity contribution in [2.75, 3.05) is 0 Å². The summed E-state index contributed by atoms with van der Waals surface area (Å²) >= 11 is 1.86. The fourth-order valence-electron chi connectivity index (χ4n) is 9.44. The minimum Gasteiger partial charge on any atom is -0.309 e. The van der Waals surface area contributed by atoms with E-state index >= 15 is 0 Å². The van der Waals surface area contributed by atoms with Gasteiger partial charge in [0.05, 0.1) is 22.1 Å². The third-order valence-corrected chi connectivity index (χ3v) is 13.5. The fourth-order valence-corrected chi connectivity index (χ4v) is 10.5. The normalized spacial score (nSPS) is 11.8. The van der Waals surface area contributed by atoms with Gasteiger partial charge in [0.15, 0.2) is 17.5 Å². The lowest BCUT2D eigenvalue weighted by Gasteiger charge is -2.12. The first-order valence-corrected chi connectivity index (χ1v) is 22.0. The molecule has 0 spiro atoms. The van der Waals surface area contributed by atoms with E-state index in [1.54, 1.807) is 0 Å². The van der Waals surface area contributed by atoms with E-state index in [0.29, 0.717) is 17.5 Å². The maximum absolute atomic E-state index is 5.04. The Labute approximate surface area is 366 Å². The van der Waals surface area contributed by atoms with Crippen molar-refractivity contribution in [3.8, 4) is 56.7 Å². The number of hydrogen-bond acceptors (Lipinski definition) is 4. The molecule has 4 heterocycles. The standard InChI is InChI=1S/C57H35N5S/c1-3-14-36(15-4-1)55-58-56(37-16-5-2-6-17-37)60-57(59-55)40-18-13-19-41(32-40)61-49-23-10-7-20-43(49)46-33-38(26-29-51(46)61)39-27-30-52-47(34-39)44-21-8-11-24-50(44)62(52)42-28-31-54-48(35-42)45-22-9-12-25-53(45)63-54/h1-35H. The van der Waals surface area contributed by atoms with Gasteiger partial charge in [0.25, 0.3) is 0 Å².